The summed E-state index contributed by atoms with van der Waals surface area (Å²) >= 11 is 0. The van der Waals surface area contributed by atoms with Crippen LogP contribution in [0.2, 0.25) is 0 Å². The Hall–Kier alpha value is -3.15. The van der Waals surface area contributed by atoms with Gasteiger partial charge in [0, 0.05) is 5.69 Å². The van der Waals surface area contributed by atoms with Crippen LogP contribution in [0.1, 0.15) is 27.2 Å². The number of nitrogens with two attached hydrogens (primary N) is 1. The lowest BCUT2D eigenvalue weighted by atomic mass is 10.1. The fourth-order valence-corrected chi connectivity index (χ4v) is 2.56. The third-order valence-corrected chi connectivity index (χ3v) is 3.68. The lowest BCUT2D eigenvalue weighted by Crippen LogP contribution is -2.15. The van der Waals surface area contributed by atoms with Crippen molar-refractivity contribution in [2.75, 3.05) is 11.1 Å². The van der Waals surface area contributed by atoms with Gasteiger partial charge in [0.15, 0.2) is 11.5 Å². The number of hydrogen-bond donors (Lipinski definition) is 2. The number of nitrogens with zero attached hydrogens (tertiary/aromatic N) is 3. The van der Waals surface area contributed by atoms with Crippen molar-refractivity contribution in [3.63, 3.8) is 0 Å². The molecule has 0 bridgehead atoms. The van der Waals surface area contributed by atoms with Gasteiger partial charge in [0.1, 0.15) is 0 Å². The maximum atomic E-state index is 12.4. The van der Waals surface area contributed by atoms with Crippen LogP contribution in [-0.4, -0.2) is 20.9 Å². The SMILES string of the molecule is Cc1ccc(-n2nnc(C(=O)Nc3cc(C)cc(C)c3)c2N)cc1. The van der Waals surface area contributed by atoms with E-state index in [1.807, 2.05) is 63.2 Å². The predicted octanol–water partition coefficient (Wildman–Crippen LogP) is 3.03. The molecule has 0 atom stereocenters. The number of aromatic nitrogens is 3. The molecule has 0 spiro atoms. The summed E-state index contributed by atoms with van der Waals surface area (Å²) in [5, 5.41) is 10.7. The van der Waals surface area contributed by atoms with Gasteiger partial charge in [-0.3, -0.25) is 4.79 Å². The van der Waals surface area contributed by atoms with Crippen LogP contribution in [-0.2, 0) is 0 Å². The molecule has 0 aliphatic heterocycles. The molecule has 1 aromatic heterocycles. The molecule has 0 aliphatic carbocycles. The van der Waals surface area contributed by atoms with E-state index in [-0.39, 0.29) is 17.4 Å². The Bertz CT molecular complexity index is 876. The van der Waals surface area contributed by atoms with Gasteiger partial charge in [0.05, 0.1) is 5.69 Å². The number of hydrogen-bond acceptors (Lipinski definition) is 4. The number of carbonyl (C=O) groups is 1. The summed E-state index contributed by atoms with van der Waals surface area (Å²) in [5.74, 6) is -0.170. The van der Waals surface area contributed by atoms with Gasteiger partial charge in [-0.15, -0.1) is 5.10 Å². The van der Waals surface area contributed by atoms with Crippen molar-refractivity contribution in [2.45, 2.75) is 20.8 Å². The number of amides is 1. The summed E-state index contributed by atoms with van der Waals surface area (Å²) in [4.78, 5) is 12.4. The van der Waals surface area contributed by atoms with E-state index in [0.29, 0.717) is 5.69 Å². The van der Waals surface area contributed by atoms with E-state index in [1.165, 1.54) is 4.68 Å². The number of nitrogens with one attached hydrogen (secondary N) is 1. The maximum absolute atomic E-state index is 12.4. The molecular formula is C18H19N5O. The standard InChI is InChI=1S/C18H19N5O/c1-11-4-6-15(7-5-11)23-17(19)16(21-22-23)18(24)20-14-9-12(2)8-13(3)10-14/h4-10H,19H2,1-3H3,(H,20,24). The van der Waals surface area contributed by atoms with Crippen LogP contribution >= 0.6 is 0 Å². The predicted molar refractivity (Wildman–Crippen MR) is 94.4 cm³/mol. The highest BCUT2D eigenvalue weighted by molar-refractivity contribution is 6.05. The number of aryl methyl sites for hydroxylation is 3. The Morgan fingerprint density at radius 3 is 2.25 bits per heavy atom. The first-order valence-electron chi connectivity index (χ1n) is 7.62. The van der Waals surface area contributed by atoms with E-state index < -0.39 is 0 Å². The molecule has 1 heterocycles. The second kappa shape index (κ2) is 6.16. The fourth-order valence-electron chi connectivity index (χ4n) is 2.56. The molecule has 0 radical (unpaired) electrons. The summed E-state index contributed by atoms with van der Waals surface area (Å²) in [6, 6.07) is 13.5. The average molecular weight is 321 g/mol. The van der Waals surface area contributed by atoms with Gasteiger partial charge in [-0.25, -0.2) is 0 Å². The van der Waals surface area contributed by atoms with Crippen LogP contribution in [0.5, 0.6) is 0 Å². The normalized spacial score (nSPS) is 10.6. The van der Waals surface area contributed by atoms with Crippen LogP contribution in [0.15, 0.2) is 42.5 Å². The number of benzene rings is 2. The highest BCUT2D eigenvalue weighted by atomic mass is 16.2. The molecule has 0 aliphatic rings. The third kappa shape index (κ3) is 3.12. The van der Waals surface area contributed by atoms with Gasteiger partial charge in [-0.1, -0.05) is 29.0 Å². The zero-order valence-electron chi connectivity index (χ0n) is 13.9. The smallest absolute Gasteiger partial charge is 0.280 e. The summed E-state index contributed by atoms with van der Waals surface area (Å²) in [6.45, 7) is 5.95. The molecule has 6 heteroatoms. The molecule has 3 rings (SSSR count). The van der Waals surface area contributed by atoms with Crippen LogP contribution in [0.25, 0.3) is 5.69 Å². The van der Waals surface area contributed by atoms with Crippen LogP contribution in [0.3, 0.4) is 0 Å². The number of nitrogen functional groups attached to an aromatic ring is 1. The summed E-state index contributed by atoms with van der Waals surface area (Å²) in [6.07, 6.45) is 0. The summed E-state index contributed by atoms with van der Waals surface area (Å²) in [5.41, 5.74) is 10.9. The van der Waals surface area contributed by atoms with E-state index >= 15 is 0 Å². The Labute approximate surface area is 140 Å². The van der Waals surface area contributed by atoms with Gasteiger partial charge in [-0.05, 0) is 56.2 Å². The molecule has 2 aromatic carbocycles. The lowest BCUT2D eigenvalue weighted by molar-refractivity contribution is 0.102. The minimum atomic E-state index is -0.379. The Morgan fingerprint density at radius 1 is 1.00 bits per heavy atom. The van der Waals surface area contributed by atoms with Gasteiger partial charge >= 0.3 is 0 Å². The van der Waals surface area contributed by atoms with Crippen molar-refractivity contribution in [3.8, 4) is 5.69 Å². The van der Waals surface area contributed by atoms with Crippen molar-refractivity contribution in [1.29, 1.82) is 0 Å². The molecule has 0 saturated carbocycles. The van der Waals surface area contributed by atoms with Gasteiger partial charge in [0.2, 0.25) is 0 Å². The molecule has 3 N–H and O–H groups in total. The molecule has 6 nitrogen and oxygen atoms in total. The van der Waals surface area contributed by atoms with Crippen molar-refractivity contribution in [1.82, 2.24) is 15.0 Å². The van der Waals surface area contributed by atoms with Crippen molar-refractivity contribution < 1.29 is 4.79 Å². The molecule has 122 valence electrons. The Kier molecular flexibility index (Phi) is 4.04. The minimum absolute atomic E-state index is 0.106. The summed E-state index contributed by atoms with van der Waals surface area (Å²) < 4.78 is 1.45. The number of anilines is 2. The van der Waals surface area contributed by atoms with Crippen LogP contribution in [0.4, 0.5) is 11.5 Å². The molecule has 0 fully saturated rings. The third-order valence-electron chi connectivity index (χ3n) is 3.68. The van der Waals surface area contributed by atoms with Crippen molar-refractivity contribution >= 4 is 17.4 Å². The first-order chi connectivity index (χ1) is 11.4. The molecule has 0 saturated heterocycles. The van der Waals surface area contributed by atoms with Crippen LogP contribution in [0, 0.1) is 20.8 Å². The summed E-state index contributed by atoms with van der Waals surface area (Å²) in [7, 11) is 0. The van der Waals surface area contributed by atoms with Gasteiger partial charge < -0.3 is 11.1 Å². The first-order valence-corrected chi connectivity index (χ1v) is 7.62. The number of rotatable bonds is 3. The first kappa shape index (κ1) is 15.7. The van der Waals surface area contributed by atoms with E-state index in [2.05, 4.69) is 15.6 Å². The molecule has 1 amide bonds. The largest absolute Gasteiger partial charge is 0.382 e. The van der Waals surface area contributed by atoms with Crippen molar-refractivity contribution in [2.24, 2.45) is 0 Å². The van der Waals surface area contributed by atoms with Gasteiger partial charge in [-0.2, -0.15) is 4.68 Å². The van der Waals surface area contributed by atoms with E-state index in [4.69, 9.17) is 5.73 Å². The van der Waals surface area contributed by atoms with E-state index in [9.17, 15) is 4.79 Å². The minimum Gasteiger partial charge on any atom is -0.382 e. The van der Waals surface area contributed by atoms with E-state index in [1.54, 1.807) is 0 Å². The average Bonchev–Trinajstić information content (AvgIpc) is 2.89. The second-order valence-electron chi connectivity index (χ2n) is 5.90. The topological polar surface area (TPSA) is 85.8 Å². The van der Waals surface area contributed by atoms with Crippen LogP contribution < -0.4 is 11.1 Å². The second-order valence-corrected chi connectivity index (χ2v) is 5.90. The highest BCUT2D eigenvalue weighted by Gasteiger charge is 2.18. The molecule has 0 unspecified atom stereocenters. The Morgan fingerprint density at radius 2 is 1.62 bits per heavy atom. The molecular weight excluding hydrogens is 302 g/mol. The molecule has 24 heavy (non-hydrogen) atoms. The van der Waals surface area contributed by atoms with E-state index in [0.717, 1.165) is 22.4 Å². The molecule has 3 aromatic rings. The zero-order chi connectivity index (χ0) is 17.3. The van der Waals surface area contributed by atoms with Gasteiger partial charge in [0.25, 0.3) is 5.91 Å². The quantitative estimate of drug-likeness (QED) is 0.776. The highest BCUT2D eigenvalue weighted by Crippen LogP contribution is 2.18. The Balaban J connectivity index is 1.87. The van der Waals surface area contributed by atoms with Crippen molar-refractivity contribution in [3.05, 3.63) is 64.8 Å². The maximum Gasteiger partial charge on any atom is 0.280 e. The monoisotopic (exact) mass is 321 g/mol. The fraction of sp³-hybridized carbons (Fsp3) is 0.167. The number of carbonyl (C=O) groups excluding carboxylic acids is 1. The lowest BCUT2D eigenvalue weighted by Gasteiger charge is -2.07. The zero-order valence-corrected chi connectivity index (χ0v) is 13.9.